The maximum Gasteiger partial charge on any atom is -0.0162 e. The van der Waals surface area contributed by atoms with Crippen LogP contribution in [0.1, 0.15) is 37.2 Å². The predicted molar refractivity (Wildman–Crippen MR) is 46.5 cm³/mol. The summed E-state index contributed by atoms with van der Waals surface area (Å²) in [5, 5.41) is 0. The van der Waals surface area contributed by atoms with Gasteiger partial charge in [0.1, 0.15) is 0 Å². The van der Waals surface area contributed by atoms with Gasteiger partial charge in [0.05, 0.1) is 0 Å². The standard InChI is InChI=1S/C11H13/c1-2-6-10(7-3-1)11-8-4-5-9-11/h2-3,6-7,11H,4-5,8-9H2. The van der Waals surface area contributed by atoms with Crippen LogP contribution in [-0.2, 0) is 0 Å². The molecule has 0 atom stereocenters. The molecule has 57 valence electrons. The summed E-state index contributed by atoms with van der Waals surface area (Å²) >= 11 is 0. The molecule has 0 spiro atoms. The van der Waals surface area contributed by atoms with E-state index in [9.17, 15) is 0 Å². The molecule has 11 heavy (non-hydrogen) atoms. The predicted octanol–water partition coefficient (Wildman–Crippen LogP) is 3.14. The average Bonchev–Trinajstić information content (AvgIpc) is 2.58. The number of benzene rings is 1. The van der Waals surface area contributed by atoms with Crippen molar-refractivity contribution in [2.24, 2.45) is 0 Å². The number of hydrogen-bond donors (Lipinski definition) is 0. The quantitative estimate of drug-likeness (QED) is 0.569. The van der Waals surface area contributed by atoms with Crippen molar-refractivity contribution >= 4 is 0 Å². The van der Waals surface area contributed by atoms with E-state index in [1.165, 1.54) is 31.2 Å². The second kappa shape index (κ2) is 3.08. The number of rotatable bonds is 1. The van der Waals surface area contributed by atoms with Gasteiger partial charge in [-0.1, -0.05) is 37.1 Å². The SMILES string of the molecule is [c]1ccc(C2CCCC2)cc1. The minimum absolute atomic E-state index is 0.851. The summed E-state index contributed by atoms with van der Waals surface area (Å²) in [6.07, 6.45) is 5.63. The zero-order chi connectivity index (χ0) is 7.52. The van der Waals surface area contributed by atoms with Crippen molar-refractivity contribution in [2.45, 2.75) is 31.6 Å². The fraction of sp³-hybridized carbons (Fsp3) is 0.455. The Morgan fingerprint density at radius 1 is 1.09 bits per heavy atom. The van der Waals surface area contributed by atoms with Gasteiger partial charge in [-0.15, -0.1) is 0 Å². The van der Waals surface area contributed by atoms with Crippen LogP contribution in [0.2, 0.25) is 0 Å². The Labute approximate surface area is 68.3 Å². The molecule has 1 aliphatic carbocycles. The smallest absolute Gasteiger partial charge is 0.0162 e. The summed E-state index contributed by atoms with van der Waals surface area (Å²) < 4.78 is 0. The third-order valence-electron chi connectivity index (χ3n) is 2.57. The highest BCUT2D eigenvalue weighted by Gasteiger charge is 2.15. The largest absolute Gasteiger partial charge is 0.0581 e. The monoisotopic (exact) mass is 145 g/mol. The molecule has 0 N–H and O–H groups in total. The second-order valence-electron chi connectivity index (χ2n) is 3.31. The van der Waals surface area contributed by atoms with Gasteiger partial charge in [0, 0.05) is 0 Å². The Morgan fingerprint density at radius 3 is 2.36 bits per heavy atom. The van der Waals surface area contributed by atoms with E-state index in [1.807, 2.05) is 12.1 Å². The second-order valence-corrected chi connectivity index (χ2v) is 3.31. The molecule has 2 rings (SSSR count). The van der Waals surface area contributed by atoms with Crippen molar-refractivity contribution < 1.29 is 0 Å². The van der Waals surface area contributed by atoms with Gasteiger partial charge in [-0.05, 0) is 30.4 Å². The normalized spacial score (nSPS) is 18.9. The summed E-state index contributed by atoms with van der Waals surface area (Å²) in [6, 6.07) is 11.5. The van der Waals surface area contributed by atoms with Crippen LogP contribution < -0.4 is 0 Å². The van der Waals surface area contributed by atoms with Crippen LogP contribution in [0.4, 0.5) is 0 Å². The van der Waals surface area contributed by atoms with E-state index < -0.39 is 0 Å². The van der Waals surface area contributed by atoms with E-state index in [-0.39, 0.29) is 0 Å². The molecule has 1 aromatic carbocycles. The molecule has 0 aliphatic heterocycles. The van der Waals surface area contributed by atoms with Crippen molar-refractivity contribution in [3.63, 3.8) is 0 Å². The lowest BCUT2D eigenvalue weighted by Crippen LogP contribution is -1.89. The highest BCUT2D eigenvalue weighted by molar-refractivity contribution is 5.19. The van der Waals surface area contributed by atoms with E-state index in [1.54, 1.807) is 0 Å². The summed E-state index contributed by atoms with van der Waals surface area (Å²) in [7, 11) is 0. The van der Waals surface area contributed by atoms with Crippen LogP contribution in [-0.4, -0.2) is 0 Å². The first-order valence-corrected chi connectivity index (χ1v) is 4.43. The van der Waals surface area contributed by atoms with Crippen molar-refractivity contribution in [2.75, 3.05) is 0 Å². The lowest BCUT2D eigenvalue weighted by Gasteiger charge is -2.07. The van der Waals surface area contributed by atoms with Crippen molar-refractivity contribution in [1.82, 2.24) is 0 Å². The molecule has 1 saturated carbocycles. The molecule has 0 saturated heterocycles. The van der Waals surface area contributed by atoms with Gasteiger partial charge < -0.3 is 0 Å². The Morgan fingerprint density at radius 2 is 1.73 bits per heavy atom. The molecule has 1 aliphatic rings. The van der Waals surface area contributed by atoms with Gasteiger partial charge in [-0.25, -0.2) is 0 Å². The molecule has 0 aromatic heterocycles. The topological polar surface area (TPSA) is 0 Å². The summed E-state index contributed by atoms with van der Waals surface area (Å²) in [6.45, 7) is 0. The Kier molecular flexibility index (Phi) is 1.93. The van der Waals surface area contributed by atoms with Gasteiger partial charge in [0.25, 0.3) is 0 Å². The van der Waals surface area contributed by atoms with Crippen LogP contribution in [0, 0.1) is 6.07 Å². The van der Waals surface area contributed by atoms with Crippen molar-refractivity contribution in [1.29, 1.82) is 0 Å². The number of hydrogen-bond acceptors (Lipinski definition) is 0. The maximum atomic E-state index is 3.06. The highest BCUT2D eigenvalue weighted by atomic mass is 14.2. The van der Waals surface area contributed by atoms with Gasteiger partial charge in [-0.3, -0.25) is 0 Å². The molecule has 1 fully saturated rings. The van der Waals surface area contributed by atoms with E-state index >= 15 is 0 Å². The average molecular weight is 145 g/mol. The molecule has 0 unspecified atom stereocenters. The van der Waals surface area contributed by atoms with Crippen LogP contribution in [0.3, 0.4) is 0 Å². The highest BCUT2D eigenvalue weighted by Crippen LogP contribution is 2.33. The van der Waals surface area contributed by atoms with Crippen molar-refractivity contribution in [3.05, 3.63) is 35.9 Å². The van der Waals surface area contributed by atoms with E-state index in [0.29, 0.717) is 0 Å². The van der Waals surface area contributed by atoms with Gasteiger partial charge in [0.2, 0.25) is 0 Å². The van der Waals surface area contributed by atoms with E-state index in [2.05, 4.69) is 18.2 Å². The van der Waals surface area contributed by atoms with Crippen LogP contribution >= 0.6 is 0 Å². The fourth-order valence-corrected chi connectivity index (χ4v) is 1.93. The molecular formula is C11H13. The zero-order valence-corrected chi connectivity index (χ0v) is 6.72. The first-order valence-electron chi connectivity index (χ1n) is 4.43. The third-order valence-corrected chi connectivity index (χ3v) is 2.57. The van der Waals surface area contributed by atoms with E-state index in [0.717, 1.165) is 5.92 Å². The van der Waals surface area contributed by atoms with Gasteiger partial charge >= 0.3 is 0 Å². The molecule has 0 heteroatoms. The molecular weight excluding hydrogens is 132 g/mol. The fourth-order valence-electron chi connectivity index (χ4n) is 1.93. The Hall–Kier alpha value is -0.780. The van der Waals surface area contributed by atoms with E-state index in [4.69, 9.17) is 0 Å². The Bertz CT molecular complexity index is 207. The molecule has 0 heterocycles. The molecule has 1 aromatic rings. The van der Waals surface area contributed by atoms with Crippen molar-refractivity contribution in [3.8, 4) is 0 Å². The lowest BCUT2D eigenvalue weighted by molar-refractivity contribution is 0.723. The molecule has 0 bridgehead atoms. The molecule has 0 nitrogen and oxygen atoms in total. The maximum absolute atomic E-state index is 3.06. The van der Waals surface area contributed by atoms with Gasteiger partial charge in [0.15, 0.2) is 0 Å². The first-order chi connectivity index (χ1) is 5.47. The Balaban J connectivity index is 2.16. The summed E-state index contributed by atoms with van der Waals surface area (Å²) in [4.78, 5) is 0. The van der Waals surface area contributed by atoms with Crippen LogP contribution in [0.15, 0.2) is 24.3 Å². The third kappa shape index (κ3) is 1.45. The van der Waals surface area contributed by atoms with Crippen LogP contribution in [0.25, 0.3) is 0 Å². The zero-order valence-electron chi connectivity index (χ0n) is 6.72. The molecule has 0 amide bonds. The first kappa shape index (κ1) is 6.90. The summed E-state index contributed by atoms with van der Waals surface area (Å²) in [5.41, 5.74) is 1.52. The summed E-state index contributed by atoms with van der Waals surface area (Å²) in [5.74, 6) is 0.851. The van der Waals surface area contributed by atoms with Gasteiger partial charge in [-0.2, -0.15) is 0 Å². The molecule has 1 radical (unpaired) electrons. The van der Waals surface area contributed by atoms with Crippen LogP contribution in [0.5, 0.6) is 0 Å². The minimum atomic E-state index is 0.851. The minimum Gasteiger partial charge on any atom is -0.0581 e. The lowest BCUT2D eigenvalue weighted by atomic mass is 9.98.